The molecule has 21 heavy (non-hydrogen) atoms. The zero-order valence-corrected chi connectivity index (χ0v) is 12.3. The van der Waals surface area contributed by atoms with E-state index in [4.69, 9.17) is 15.2 Å². The van der Waals surface area contributed by atoms with Crippen molar-refractivity contribution in [2.24, 2.45) is 5.73 Å². The van der Waals surface area contributed by atoms with Gasteiger partial charge in [0.05, 0.1) is 13.2 Å². The third-order valence-corrected chi connectivity index (χ3v) is 3.36. The van der Waals surface area contributed by atoms with Crippen molar-refractivity contribution in [3.63, 3.8) is 0 Å². The number of aryl methyl sites for hydroxylation is 1. The van der Waals surface area contributed by atoms with E-state index in [1.54, 1.807) is 25.3 Å². The predicted molar refractivity (Wildman–Crippen MR) is 81.2 cm³/mol. The molecule has 2 aromatic rings. The fourth-order valence-electron chi connectivity index (χ4n) is 2.10. The maximum atomic E-state index is 13.6. The maximum absolute atomic E-state index is 13.6. The van der Waals surface area contributed by atoms with Crippen LogP contribution in [-0.4, -0.2) is 13.7 Å². The summed E-state index contributed by atoms with van der Waals surface area (Å²) in [6.45, 7) is 2.26. The molecule has 2 N–H and O–H groups in total. The number of hydrogen-bond donors (Lipinski definition) is 1. The lowest BCUT2D eigenvalue weighted by Gasteiger charge is -2.16. The van der Waals surface area contributed by atoms with Gasteiger partial charge in [-0.05, 0) is 30.2 Å². The molecule has 0 amide bonds. The zero-order valence-electron chi connectivity index (χ0n) is 12.3. The van der Waals surface area contributed by atoms with Gasteiger partial charge >= 0.3 is 0 Å². The van der Waals surface area contributed by atoms with Crippen LogP contribution >= 0.6 is 0 Å². The van der Waals surface area contributed by atoms with Crippen LogP contribution in [0.25, 0.3) is 0 Å². The van der Waals surface area contributed by atoms with E-state index < -0.39 is 6.04 Å². The van der Waals surface area contributed by atoms with Crippen LogP contribution in [-0.2, 0) is 6.42 Å². The molecule has 4 heteroatoms. The van der Waals surface area contributed by atoms with Gasteiger partial charge < -0.3 is 15.2 Å². The van der Waals surface area contributed by atoms with Crippen molar-refractivity contribution in [3.05, 3.63) is 59.4 Å². The molecular formula is C17H20FNO2. The van der Waals surface area contributed by atoms with E-state index in [0.29, 0.717) is 17.1 Å². The maximum Gasteiger partial charge on any atom is 0.161 e. The fraction of sp³-hybridized carbons (Fsp3) is 0.294. The molecule has 0 saturated heterocycles. The largest absolute Gasteiger partial charge is 0.493 e. The van der Waals surface area contributed by atoms with E-state index in [0.717, 1.165) is 12.0 Å². The highest BCUT2D eigenvalue weighted by Gasteiger charge is 2.13. The second-order valence-electron chi connectivity index (χ2n) is 4.78. The Morgan fingerprint density at radius 1 is 1.14 bits per heavy atom. The lowest BCUT2D eigenvalue weighted by Crippen LogP contribution is -2.20. The summed E-state index contributed by atoms with van der Waals surface area (Å²) in [6.07, 6.45) is 0.922. The summed E-state index contributed by atoms with van der Waals surface area (Å²) in [7, 11) is 1.60. The Labute approximate surface area is 124 Å². The number of rotatable bonds is 6. The monoisotopic (exact) mass is 289 g/mol. The first-order valence-corrected chi connectivity index (χ1v) is 6.95. The SMILES string of the molecule is CCc1ccc(OCC(N)c2ccccc2F)c(OC)c1. The molecule has 0 spiro atoms. The van der Waals surface area contributed by atoms with Crippen molar-refractivity contribution in [2.45, 2.75) is 19.4 Å². The number of benzene rings is 2. The average molecular weight is 289 g/mol. The summed E-state index contributed by atoms with van der Waals surface area (Å²) in [5.74, 6) is 0.957. The molecule has 1 atom stereocenters. The Bertz CT molecular complexity index is 601. The quantitative estimate of drug-likeness (QED) is 0.885. The first-order valence-electron chi connectivity index (χ1n) is 6.95. The van der Waals surface area contributed by atoms with E-state index in [1.807, 2.05) is 18.2 Å². The van der Waals surface area contributed by atoms with Gasteiger partial charge in [0.25, 0.3) is 0 Å². The summed E-state index contributed by atoms with van der Waals surface area (Å²) in [5, 5.41) is 0. The second kappa shape index (κ2) is 7.09. The highest BCUT2D eigenvalue weighted by atomic mass is 19.1. The van der Waals surface area contributed by atoms with Gasteiger partial charge in [-0.2, -0.15) is 0 Å². The molecule has 1 unspecified atom stereocenters. The molecule has 2 aromatic carbocycles. The lowest BCUT2D eigenvalue weighted by atomic mass is 10.1. The number of ether oxygens (including phenoxy) is 2. The van der Waals surface area contributed by atoms with Gasteiger partial charge in [0, 0.05) is 5.56 Å². The molecule has 0 radical (unpaired) electrons. The van der Waals surface area contributed by atoms with Crippen molar-refractivity contribution in [2.75, 3.05) is 13.7 Å². The molecule has 3 nitrogen and oxygen atoms in total. The first-order chi connectivity index (χ1) is 10.2. The molecular weight excluding hydrogens is 269 g/mol. The Morgan fingerprint density at radius 3 is 2.57 bits per heavy atom. The lowest BCUT2D eigenvalue weighted by molar-refractivity contribution is 0.271. The van der Waals surface area contributed by atoms with Crippen LogP contribution in [0.3, 0.4) is 0 Å². The van der Waals surface area contributed by atoms with Crippen molar-refractivity contribution < 1.29 is 13.9 Å². The van der Waals surface area contributed by atoms with Crippen LogP contribution in [0.1, 0.15) is 24.1 Å². The normalized spacial score (nSPS) is 12.0. The van der Waals surface area contributed by atoms with Gasteiger partial charge in [-0.25, -0.2) is 4.39 Å². The molecule has 0 aliphatic rings. The third kappa shape index (κ3) is 3.73. The minimum absolute atomic E-state index is 0.183. The molecule has 0 heterocycles. The van der Waals surface area contributed by atoms with Crippen LogP contribution in [0.15, 0.2) is 42.5 Å². The number of methoxy groups -OCH3 is 1. The van der Waals surface area contributed by atoms with Crippen molar-refractivity contribution in [3.8, 4) is 11.5 Å². The van der Waals surface area contributed by atoms with Gasteiger partial charge in [-0.15, -0.1) is 0 Å². The van der Waals surface area contributed by atoms with Gasteiger partial charge in [-0.1, -0.05) is 31.2 Å². The number of hydrogen-bond acceptors (Lipinski definition) is 3. The molecule has 0 aliphatic heterocycles. The van der Waals surface area contributed by atoms with E-state index in [1.165, 1.54) is 6.07 Å². The van der Waals surface area contributed by atoms with E-state index >= 15 is 0 Å². The predicted octanol–water partition coefficient (Wildman–Crippen LogP) is 3.48. The highest BCUT2D eigenvalue weighted by Crippen LogP contribution is 2.29. The van der Waals surface area contributed by atoms with Crippen LogP contribution < -0.4 is 15.2 Å². The molecule has 2 rings (SSSR count). The Balaban J connectivity index is 2.08. The average Bonchev–Trinajstić information content (AvgIpc) is 2.52. The van der Waals surface area contributed by atoms with E-state index in [2.05, 4.69) is 6.92 Å². The summed E-state index contributed by atoms with van der Waals surface area (Å²) in [5.41, 5.74) is 7.60. The highest BCUT2D eigenvalue weighted by molar-refractivity contribution is 5.43. The van der Waals surface area contributed by atoms with Crippen molar-refractivity contribution in [1.82, 2.24) is 0 Å². The molecule has 0 aliphatic carbocycles. The minimum Gasteiger partial charge on any atom is -0.493 e. The minimum atomic E-state index is -0.526. The molecule has 112 valence electrons. The van der Waals surface area contributed by atoms with Crippen molar-refractivity contribution in [1.29, 1.82) is 0 Å². The molecule has 0 saturated carbocycles. The van der Waals surface area contributed by atoms with Gasteiger partial charge in [0.2, 0.25) is 0 Å². The standard InChI is InChI=1S/C17H20FNO2/c1-3-12-8-9-16(17(10-12)20-2)21-11-15(19)13-6-4-5-7-14(13)18/h4-10,15H,3,11,19H2,1-2H3. The van der Waals surface area contributed by atoms with E-state index in [9.17, 15) is 4.39 Å². The summed E-state index contributed by atoms with van der Waals surface area (Å²) >= 11 is 0. The third-order valence-electron chi connectivity index (χ3n) is 3.36. The van der Waals surface area contributed by atoms with E-state index in [-0.39, 0.29) is 12.4 Å². The van der Waals surface area contributed by atoms with Crippen LogP contribution in [0.2, 0.25) is 0 Å². The van der Waals surface area contributed by atoms with Gasteiger partial charge in [0.1, 0.15) is 12.4 Å². The summed E-state index contributed by atoms with van der Waals surface area (Å²) < 4.78 is 24.6. The number of halogens is 1. The zero-order chi connectivity index (χ0) is 15.2. The molecule has 0 bridgehead atoms. The topological polar surface area (TPSA) is 44.5 Å². The fourth-order valence-corrected chi connectivity index (χ4v) is 2.10. The summed E-state index contributed by atoms with van der Waals surface area (Å²) in [6, 6.07) is 11.7. The van der Waals surface area contributed by atoms with Crippen LogP contribution in [0.5, 0.6) is 11.5 Å². The molecule has 0 aromatic heterocycles. The van der Waals surface area contributed by atoms with Crippen LogP contribution in [0.4, 0.5) is 4.39 Å². The Morgan fingerprint density at radius 2 is 1.90 bits per heavy atom. The van der Waals surface area contributed by atoms with Crippen molar-refractivity contribution >= 4 is 0 Å². The molecule has 0 fully saturated rings. The Hall–Kier alpha value is -2.07. The first kappa shape index (κ1) is 15.3. The van der Waals surface area contributed by atoms with Gasteiger partial charge in [-0.3, -0.25) is 0 Å². The van der Waals surface area contributed by atoms with Crippen LogP contribution in [0, 0.1) is 5.82 Å². The smallest absolute Gasteiger partial charge is 0.161 e. The summed E-state index contributed by atoms with van der Waals surface area (Å²) in [4.78, 5) is 0. The second-order valence-corrected chi connectivity index (χ2v) is 4.78. The Kier molecular flexibility index (Phi) is 5.17. The number of nitrogens with two attached hydrogens (primary N) is 1. The van der Waals surface area contributed by atoms with Gasteiger partial charge in [0.15, 0.2) is 11.5 Å².